The molecule has 0 saturated heterocycles. The first-order chi connectivity index (χ1) is 31.8. The molecule has 1 aliphatic rings. The molecule has 0 N–H and O–H groups in total. The largest absolute Gasteiger partial charge is 0.501 e. The summed E-state index contributed by atoms with van der Waals surface area (Å²) in [5, 5.41) is 4.63. The normalized spacial score (nSPS) is 12.7. The van der Waals surface area contributed by atoms with Gasteiger partial charge in [0.15, 0.2) is 0 Å². The van der Waals surface area contributed by atoms with E-state index >= 15 is 0 Å². The van der Waals surface area contributed by atoms with E-state index in [2.05, 4.69) is 214 Å². The average molecular weight is 1070 g/mol. The molecule has 1 radical (unpaired) electrons. The predicted octanol–water partition coefficient (Wildman–Crippen LogP) is 14.8. The van der Waals surface area contributed by atoms with E-state index in [0.29, 0.717) is 0 Å². The molecule has 68 heavy (non-hydrogen) atoms. The van der Waals surface area contributed by atoms with Crippen LogP contribution >= 0.6 is 0 Å². The first-order valence-corrected chi connectivity index (χ1v) is 23.7. The minimum atomic E-state index is 0. The molecule has 0 spiro atoms. The fourth-order valence-corrected chi connectivity index (χ4v) is 10.3. The average Bonchev–Trinajstić information content (AvgIpc) is 3.76. The van der Waals surface area contributed by atoms with Gasteiger partial charge in [-0.1, -0.05) is 154 Å². The molecular formula is C61H63BIrN4O-2. The minimum Gasteiger partial charge on any atom is -0.501 e. The number of anilines is 2. The smallest absolute Gasteiger partial charge is 0.411 e. The number of fused-ring (bicyclic) bond motifs is 6. The van der Waals surface area contributed by atoms with E-state index in [1.807, 2.05) is 24.5 Å². The van der Waals surface area contributed by atoms with Gasteiger partial charge in [0, 0.05) is 49.0 Å². The Morgan fingerprint density at radius 1 is 0.632 bits per heavy atom. The molecule has 0 aliphatic carbocycles. The number of rotatable bonds is 6. The fourth-order valence-electron chi connectivity index (χ4n) is 10.3. The van der Waals surface area contributed by atoms with Crippen molar-refractivity contribution in [2.24, 2.45) is 10.8 Å². The van der Waals surface area contributed by atoms with Crippen LogP contribution in [0.25, 0.3) is 66.4 Å². The number of aromatic nitrogens is 2. The summed E-state index contributed by atoms with van der Waals surface area (Å²) >= 11 is 0. The van der Waals surface area contributed by atoms with Gasteiger partial charge in [-0.2, -0.15) is 0 Å². The van der Waals surface area contributed by atoms with Crippen LogP contribution in [0.3, 0.4) is 0 Å². The van der Waals surface area contributed by atoms with Crippen molar-refractivity contribution >= 4 is 56.5 Å². The molecule has 0 amide bonds. The van der Waals surface area contributed by atoms with Crippen LogP contribution in [-0.2, 0) is 32.9 Å². The van der Waals surface area contributed by atoms with E-state index in [-0.39, 0.29) is 37.9 Å². The number of benzene rings is 6. The fraction of sp³-hybridized carbons (Fsp3) is 0.279. The maximum atomic E-state index is 6.70. The predicted molar refractivity (Wildman–Crippen MR) is 286 cm³/mol. The minimum absolute atomic E-state index is 0. The monoisotopic (exact) mass is 1070 g/mol. The number of aryl methyl sites for hydroxylation is 5. The Hall–Kier alpha value is -6.01. The summed E-state index contributed by atoms with van der Waals surface area (Å²) in [6, 6.07) is 45.9. The molecule has 7 heteroatoms. The zero-order chi connectivity index (χ0) is 47.5. The Balaban J connectivity index is 0.000000213. The van der Waals surface area contributed by atoms with E-state index in [4.69, 9.17) is 9.40 Å². The van der Waals surface area contributed by atoms with Gasteiger partial charge in [-0.25, -0.2) is 0 Å². The van der Waals surface area contributed by atoms with E-state index in [9.17, 15) is 0 Å². The van der Waals surface area contributed by atoms with Gasteiger partial charge in [0.05, 0.1) is 11.3 Å². The topological polar surface area (TPSA) is 45.4 Å². The molecule has 0 unspecified atom stereocenters. The molecule has 0 atom stereocenters. The van der Waals surface area contributed by atoms with Crippen molar-refractivity contribution in [3.05, 3.63) is 173 Å². The molecule has 347 valence electrons. The number of hydrogen-bond donors (Lipinski definition) is 0. The van der Waals surface area contributed by atoms with Crippen LogP contribution in [0.4, 0.5) is 11.4 Å². The van der Waals surface area contributed by atoms with Crippen LogP contribution in [-0.4, -0.2) is 31.0 Å². The van der Waals surface area contributed by atoms with Crippen LogP contribution in [0.2, 0.25) is 0 Å². The van der Waals surface area contributed by atoms with Gasteiger partial charge < -0.3 is 24.0 Å². The molecule has 1 aliphatic heterocycles. The van der Waals surface area contributed by atoms with E-state index in [1.165, 1.54) is 77.7 Å². The van der Waals surface area contributed by atoms with Crippen LogP contribution in [0.5, 0.6) is 0 Å². The van der Waals surface area contributed by atoms with Gasteiger partial charge in [-0.15, -0.1) is 47.5 Å². The third-order valence-corrected chi connectivity index (χ3v) is 13.3. The molecule has 0 bridgehead atoms. The van der Waals surface area contributed by atoms with Gasteiger partial charge >= 0.3 is 6.98 Å². The van der Waals surface area contributed by atoms with Crippen molar-refractivity contribution in [2.45, 2.75) is 89.0 Å². The summed E-state index contributed by atoms with van der Waals surface area (Å²) in [4.78, 5) is 14.3. The maximum Gasteiger partial charge on any atom is 0.411 e. The molecule has 6 aromatic carbocycles. The standard InChI is InChI=1S/C38H39BN3O.C23H24N.Ir/c1-22-15-23(2)35(24(3)16-22)39-41(8)33-14-13-26-17-31-28-11-10-12-29(32-18-27(20-38(5,6)7)25(4)21-40-32)37(28)43-34(31)19-30(26)36(33)42(39)9;1-17-10-12-20(14-21(17)19-8-6-5-7-9-19)22-13-11-18(16-24-22)15-23(2,3)4;/h10-11,13-19,21H,20H2,1-9H3;5-11,13-14,16H,15H2,1-4H3;/q2*-1;. The summed E-state index contributed by atoms with van der Waals surface area (Å²) < 4.78 is 6.70. The molecule has 4 heterocycles. The number of hydrogen-bond acceptors (Lipinski definition) is 5. The zero-order valence-corrected chi connectivity index (χ0v) is 44.5. The van der Waals surface area contributed by atoms with Gasteiger partial charge in [-0.3, -0.25) is 0 Å². The van der Waals surface area contributed by atoms with Crippen LogP contribution in [0.1, 0.15) is 80.5 Å². The third-order valence-electron chi connectivity index (χ3n) is 13.3. The van der Waals surface area contributed by atoms with Gasteiger partial charge in [0.1, 0.15) is 5.58 Å². The molecule has 9 aromatic rings. The summed E-state index contributed by atoms with van der Waals surface area (Å²) in [5.41, 5.74) is 21.4. The Morgan fingerprint density at radius 2 is 1.34 bits per heavy atom. The number of pyridine rings is 2. The Bertz CT molecular complexity index is 3280. The van der Waals surface area contributed by atoms with Crippen molar-refractivity contribution in [2.75, 3.05) is 23.7 Å². The van der Waals surface area contributed by atoms with Gasteiger partial charge in [0.25, 0.3) is 0 Å². The third kappa shape index (κ3) is 9.66. The van der Waals surface area contributed by atoms with Gasteiger partial charge in [0.2, 0.25) is 0 Å². The molecule has 10 rings (SSSR count). The first-order valence-electron chi connectivity index (χ1n) is 23.7. The van der Waals surface area contributed by atoms with Crippen molar-refractivity contribution in [1.29, 1.82) is 0 Å². The summed E-state index contributed by atoms with van der Waals surface area (Å²) in [7, 11) is 4.43. The summed E-state index contributed by atoms with van der Waals surface area (Å²) in [6.45, 7) is 24.6. The molecule has 5 nitrogen and oxygen atoms in total. The Kier molecular flexibility index (Phi) is 13.4. The van der Waals surface area contributed by atoms with Crippen molar-refractivity contribution in [3.63, 3.8) is 0 Å². The number of furan rings is 1. The van der Waals surface area contributed by atoms with Crippen LogP contribution in [0.15, 0.2) is 126 Å². The zero-order valence-electron chi connectivity index (χ0n) is 42.1. The maximum absolute atomic E-state index is 6.70. The Morgan fingerprint density at radius 3 is 2.01 bits per heavy atom. The second-order valence-corrected chi connectivity index (χ2v) is 21.4. The molecular weight excluding hydrogens is 1010 g/mol. The van der Waals surface area contributed by atoms with E-state index in [0.717, 1.165) is 57.3 Å². The van der Waals surface area contributed by atoms with Crippen LogP contribution in [0, 0.1) is 57.6 Å². The SMILES string of the molecule is Cc1c[c-]c(-c2ccc(CC(C)(C)C)cn2)cc1-c1ccccc1.Cc1cc(C)c(B2N(C)c3ccc4cc5c(cc4c3N2C)oc2c(-c3cc(CC(C)(C)C)c(C)cn3)[c-]ccc25)c(C)c1.[Ir]. The molecule has 3 aromatic heterocycles. The van der Waals surface area contributed by atoms with Crippen molar-refractivity contribution < 1.29 is 24.5 Å². The van der Waals surface area contributed by atoms with E-state index < -0.39 is 0 Å². The van der Waals surface area contributed by atoms with Gasteiger partial charge in [-0.05, 0) is 123 Å². The quantitative estimate of drug-likeness (QED) is 0.123. The van der Waals surface area contributed by atoms with Crippen molar-refractivity contribution in [3.8, 4) is 33.6 Å². The molecule has 0 saturated carbocycles. The molecule has 0 fully saturated rings. The second kappa shape index (κ2) is 18.8. The summed E-state index contributed by atoms with van der Waals surface area (Å²) in [6.07, 6.45) is 6.01. The first kappa shape index (κ1) is 48.5. The number of nitrogens with zero attached hydrogens (tertiary/aromatic N) is 4. The second-order valence-electron chi connectivity index (χ2n) is 21.4. The van der Waals surface area contributed by atoms with Crippen molar-refractivity contribution in [1.82, 2.24) is 9.97 Å². The van der Waals surface area contributed by atoms with Crippen LogP contribution < -0.4 is 15.1 Å². The van der Waals surface area contributed by atoms with E-state index in [1.54, 1.807) is 0 Å². The summed E-state index contributed by atoms with van der Waals surface area (Å²) in [5.74, 6) is 0. The Labute approximate surface area is 418 Å².